The molecule has 0 bridgehead atoms. The number of nitrogens with two attached hydrogens (primary N) is 1. The third-order valence-corrected chi connectivity index (χ3v) is 4.03. The molecule has 1 aliphatic heterocycles. The van der Waals surface area contributed by atoms with Gasteiger partial charge in [-0.05, 0) is 29.9 Å². The van der Waals surface area contributed by atoms with Crippen molar-refractivity contribution in [1.29, 1.82) is 0 Å². The summed E-state index contributed by atoms with van der Waals surface area (Å²) in [7, 11) is 0. The molecule has 1 heterocycles. The molecule has 2 fully saturated rings. The van der Waals surface area contributed by atoms with Gasteiger partial charge in [0.25, 0.3) is 0 Å². The second-order valence-electron chi connectivity index (χ2n) is 5.12. The third-order valence-electron chi connectivity index (χ3n) is 4.03. The average molecular weight is 202 g/mol. The van der Waals surface area contributed by atoms with Crippen molar-refractivity contribution < 1.29 is 0 Å². The lowest BCUT2D eigenvalue weighted by Gasteiger charge is -2.19. The topological polar surface area (TPSA) is 29.3 Å². The van der Waals surface area contributed by atoms with Crippen molar-refractivity contribution >= 4 is 0 Å². The molecule has 15 heavy (non-hydrogen) atoms. The largest absolute Gasteiger partial charge is 0.330 e. The zero-order chi connectivity index (χ0) is 10.3. The summed E-state index contributed by atoms with van der Waals surface area (Å²) in [5.41, 5.74) is 7.77. The van der Waals surface area contributed by atoms with Gasteiger partial charge < -0.3 is 5.73 Å². The van der Waals surface area contributed by atoms with Crippen LogP contribution in [0.15, 0.2) is 30.3 Å². The molecule has 2 nitrogen and oxygen atoms in total. The lowest BCUT2D eigenvalue weighted by molar-refractivity contribution is 0.274. The molecule has 1 saturated carbocycles. The van der Waals surface area contributed by atoms with Crippen LogP contribution >= 0.6 is 0 Å². The number of rotatable bonds is 3. The molecule has 2 heteroatoms. The molecular formula is C13H18N2. The second kappa shape index (κ2) is 3.32. The summed E-state index contributed by atoms with van der Waals surface area (Å²) in [6.45, 7) is 4.44. The first-order valence-electron chi connectivity index (χ1n) is 5.79. The molecule has 0 aromatic heterocycles. The summed E-state index contributed by atoms with van der Waals surface area (Å²) in [5, 5.41) is 0. The highest BCUT2D eigenvalue weighted by Gasteiger charge is 2.58. The van der Waals surface area contributed by atoms with Crippen molar-refractivity contribution in [3.8, 4) is 0 Å². The van der Waals surface area contributed by atoms with E-state index in [-0.39, 0.29) is 0 Å². The van der Waals surface area contributed by atoms with Gasteiger partial charge >= 0.3 is 0 Å². The van der Waals surface area contributed by atoms with Gasteiger partial charge in [0.2, 0.25) is 0 Å². The van der Waals surface area contributed by atoms with Gasteiger partial charge in [0.1, 0.15) is 0 Å². The van der Waals surface area contributed by atoms with Gasteiger partial charge in [-0.15, -0.1) is 0 Å². The molecule has 1 aromatic rings. The molecule has 3 rings (SSSR count). The van der Waals surface area contributed by atoms with Crippen LogP contribution in [0.1, 0.15) is 12.0 Å². The summed E-state index contributed by atoms with van der Waals surface area (Å²) < 4.78 is 0. The van der Waals surface area contributed by atoms with Crippen LogP contribution in [0.4, 0.5) is 0 Å². The fourth-order valence-corrected chi connectivity index (χ4v) is 2.98. The fourth-order valence-electron chi connectivity index (χ4n) is 2.98. The molecule has 80 valence electrons. The quantitative estimate of drug-likeness (QED) is 0.804. The summed E-state index contributed by atoms with van der Waals surface area (Å²) in [6, 6.07) is 10.7. The molecule has 1 aliphatic carbocycles. The van der Waals surface area contributed by atoms with Gasteiger partial charge in [-0.3, -0.25) is 4.90 Å². The predicted molar refractivity (Wildman–Crippen MR) is 61.3 cm³/mol. The number of benzene rings is 1. The van der Waals surface area contributed by atoms with Gasteiger partial charge in [-0.2, -0.15) is 0 Å². The lowest BCUT2D eigenvalue weighted by Crippen LogP contribution is -2.27. The zero-order valence-electron chi connectivity index (χ0n) is 9.02. The normalized spacial score (nSPS) is 34.1. The van der Waals surface area contributed by atoms with Crippen molar-refractivity contribution in [2.45, 2.75) is 13.0 Å². The smallest absolute Gasteiger partial charge is 0.0234 e. The minimum Gasteiger partial charge on any atom is -0.330 e. The van der Waals surface area contributed by atoms with E-state index in [1.165, 1.54) is 25.1 Å². The third kappa shape index (κ3) is 1.58. The molecule has 0 amide bonds. The first-order chi connectivity index (χ1) is 7.32. The van der Waals surface area contributed by atoms with Gasteiger partial charge in [0.05, 0.1) is 0 Å². The van der Waals surface area contributed by atoms with Crippen LogP contribution in [-0.2, 0) is 6.54 Å². The van der Waals surface area contributed by atoms with E-state index < -0.39 is 0 Å². The Balaban J connectivity index is 1.63. The highest BCUT2D eigenvalue weighted by atomic mass is 15.2. The Morgan fingerprint density at radius 2 is 2.13 bits per heavy atom. The van der Waals surface area contributed by atoms with Crippen LogP contribution < -0.4 is 5.73 Å². The summed E-state index contributed by atoms with van der Waals surface area (Å²) in [4.78, 5) is 2.55. The number of nitrogens with zero attached hydrogens (tertiary/aromatic N) is 1. The molecule has 2 atom stereocenters. The monoisotopic (exact) mass is 202 g/mol. The fraction of sp³-hybridized carbons (Fsp3) is 0.538. The van der Waals surface area contributed by atoms with E-state index in [4.69, 9.17) is 5.73 Å². The van der Waals surface area contributed by atoms with Gasteiger partial charge in [-0.1, -0.05) is 30.3 Å². The second-order valence-corrected chi connectivity index (χ2v) is 5.12. The van der Waals surface area contributed by atoms with E-state index in [1.54, 1.807) is 0 Å². The molecule has 2 N–H and O–H groups in total. The van der Waals surface area contributed by atoms with E-state index >= 15 is 0 Å². The average Bonchev–Trinajstić information content (AvgIpc) is 2.84. The molecule has 1 saturated heterocycles. The Morgan fingerprint density at radius 1 is 1.33 bits per heavy atom. The minimum atomic E-state index is 0.509. The van der Waals surface area contributed by atoms with Gasteiger partial charge in [-0.25, -0.2) is 0 Å². The molecule has 2 aliphatic rings. The summed E-state index contributed by atoms with van der Waals surface area (Å²) >= 11 is 0. The number of hydrogen-bond donors (Lipinski definition) is 1. The highest BCUT2D eigenvalue weighted by Crippen LogP contribution is 2.57. The van der Waals surface area contributed by atoms with Crippen LogP contribution in [0.2, 0.25) is 0 Å². The number of fused-ring (bicyclic) bond motifs is 1. The minimum absolute atomic E-state index is 0.509. The van der Waals surface area contributed by atoms with Crippen LogP contribution in [0.25, 0.3) is 0 Å². The molecular weight excluding hydrogens is 184 g/mol. The summed E-state index contributed by atoms with van der Waals surface area (Å²) in [6.07, 6.45) is 1.37. The standard InChI is InChI=1S/C13H18N2/c14-9-13-6-12(13)8-15(10-13)7-11-4-2-1-3-5-11/h1-5,12H,6-10,14H2/t12-,13-/m0/s1. The van der Waals surface area contributed by atoms with Crippen LogP contribution in [-0.4, -0.2) is 24.5 Å². The van der Waals surface area contributed by atoms with E-state index in [2.05, 4.69) is 35.2 Å². The maximum Gasteiger partial charge on any atom is 0.0234 e. The van der Waals surface area contributed by atoms with E-state index in [9.17, 15) is 0 Å². The molecule has 0 spiro atoms. The number of hydrogen-bond acceptors (Lipinski definition) is 2. The maximum absolute atomic E-state index is 5.84. The van der Waals surface area contributed by atoms with Crippen LogP contribution in [0.3, 0.4) is 0 Å². The van der Waals surface area contributed by atoms with Crippen molar-refractivity contribution in [2.75, 3.05) is 19.6 Å². The lowest BCUT2D eigenvalue weighted by atomic mass is 10.1. The van der Waals surface area contributed by atoms with Crippen molar-refractivity contribution in [3.63, 3.8) is 0 Å². The van der Waals surface area contributed by atoms with E-state index in [0.717, 1.165) is 19.0 Å². The van der Waals surface area contributed by atoms with Crippen molar-refractivity contribution in [1.82, 2.24) is 4.90 Å². The Kier molecular flexibility index (Phi) is 2.08. The molecule has 0 unspecified atom stereocenters. The first kappa shape index (κ1) is 9.37. The summed E-state index contributed by atoms with van der Waals surface area (Å²) in [5.74, 6) is 0.895. The predicted octanol–water partition coefficient (Wildman–Crippen LogP) is 1.47. The Hall–Kier alpha value is -0.860. The van der Waals surface area contributed by atoms with Crippen molar-refractivity contribution in [3.05, 3.63) is 35.9 Å². The first-order valence-corrected chi connectivity index (χ1v) is 5.79. The maximum atomic E-state index is 5.84. The van der Waals surface area contributed by atoms with Crippen LogP contribution in [0, 0.1) is 11.3 Å². The van der Waals surface area contributed by atoms with Gasteiger partial charge in [0, 0.05) is 19.6 Å². The number of likely N-dealkylation sites (tertiary alicyclic amines) is 1. The highest BCUT2D eigenvalue weighted by molar-refractivity contribution is 5.17. The van der Waals surface area contributed by atoms with E-state index in [0.29, 0.717) is 5.41 Å². The number of piperidine rings is 1. The SMILES string of the molecule is NC[C@]12C[C@H]1CN(Cc1ccccc1)C2. The molecule has 0 radical (unpaired) electrons. The molecule has 1 aromatic carbocycles. The Labute approximate surface area is 91.1 Å². The zero-order valence-corrected chi connectivity index (χ0v) is 9.02. The van der Waals surface area contributed by atoms with Crippen LogP contribution in [0.5, 0.6) is 0 Å². The van der Waals surface area contributed by atoms with Gasteiger partial charge in [0.15, 0.2) is 0 Å². The van der Waals surface area contributed by atoms with Crippen molar-refractivity contribution in [2.24, 2.45) is 17.1 Å². The van der Waals surface area contributed by atoms with E-state index in [1.807, 2.05) is 0 Å². The Morgan fingerprint density at radius 3 is 2.80 bits per heavy atom. The Bertz CT molecular complexity index is 345.